The summed E-state index contributed by atoms with van der Waals surface area (Å²) in [5, 5.41) is 6.68. The number of aliphatic imine (C=N–C) groups is 1. The van der Waals surface area contributed by atoms with Crippen LogP contribution in [0.3, 0.4) is 0 Å². The minimum absolute atomic E-state index is 0.321. The lowest BCUT2D eigenvalue weighted by Crippen LogP contribution is -2.15. The predicted octanol–water partition coefficient (Wildman–Crippen LogP) is 7.32. The molecule has 0 saturated heterocycles. The molecule has 0 radical (unpaired) electrons. The highest BCUT2D eigenvalue weighted by Gasteiger charge is 2.31. The molecule has 1 amide bonds. The van der Waals surface area contributed by atoms with Crippen LogP contribution in [0.5, 0.6) is 0 Å². The van der Waals surface area contributed by atoms with E-state index < -0.39 is 17.6 Å². The van der Waals surface area contributed by atoms with Crippen LogP contribution in [0.25, 0.3) is 0 Å². The second-order valence-corrected chi connectivity index (χ2v) is 9.66. The lowest BCUT2D eigenvalue weighted by atomic mass is 10.1. The van der Waals surface area contributed by atoms with Crippen molar-refractivity contribution < 1.29 is 22.7 Å². The van der Waals surface area contributed by atoms with Crippen LogP contribution in [0.2, 0.25) is 0 Å². The van der Waals surface area contributed by atoms with Crippen LogP contribution in [-0.4, -0.2) is 40.6 Å². The average Bonchev–Trinajstić information content (AvgIpc) is 3.41. The number of pyridine rings is 1. The number of aryl methyl sites for hydroxylation is 3. The molecule has 0 saturated carbocycles. The van der Waals surface area contributed by atoms with Gasteiger partial charge in [0.2, 0.25) is 0 Å². The van der Waals surface area contributed by atoms with Crippen LogP contribution < -0.4 is 5.32 Å². The summed E-state index contributed by atoms with van der Waals surface area (Å²) in [7, 11) is 1.69. The van der Waals surface area contributed by atoms with Gasteiger partial charge in [-0.3, -0.25) is 19.5 Å². The molecule has 2 aromatic heterocycles. The van der Waals surface area contributed by atoms with Crippen molar-refractivity contribution >= 4 is 23.5 Å². The number of nitrogens with one attached hydrogen (secondary N) is 1. The van der Waals surface area contributed by atoms with E-state index in [9.17, 15) is 18.0 Å². The van der Waals surface area contributed by atoms with Gasteiger partial charge in [0.1, 0.15) is 5.69 Å². The zero-order chi connectivity index (χ0) is 31.4. The number of rotatable bonds is 7. The predicted molar refractivity (Wildman–Crippen MR) is 163 cm³/mol. The second kappa shape index (κ2) is 15.5. The van der Waals surface area contributed by atoms with Gasteiger partial charge in [0.15, 0.2) is 0 Å². The van der Waals surface area contributed by atoms with E-state index in [1.165, 1.54) is 5.56 Å². The molecule has 4 rings (SSSR count). The highest BCUT2D eigenvalue weighted by molar-refractivity contribution is 6.03. The Labute approximate surface area is 249 Å². The van der Waals surface area contributed by atoms with Crippen molar-refractivity contribution in [2.45, 2.75) is 46.8 Å². The van der Waals surface area contributed by atoms with E-state index in [0.29, 0.717) is 11.3 Å². The van der Waals surface area contributed by atoms with Crippen molar-refractivity contribution in [1.82, 2.24) is 14.8 Å². The normalized spacial score (nSPS) is 11.0. The molecule has 2 heterocycles. The van der Waals surface area contributed by atoms with Gasteiger partial charge in [0.05, 0.1) is 30.6 Å². The van der Waals surface area contributed by atoms with Crippen molar-refractivity contribution in [3.8, 4) is 11.8 Å². The number of hydrogen-bond acceptors (Lipinski definition) is 5. The zero-order valence-corrected chi connectivity index (χ0v) is 24.8. The van der Waals surface area contributed by atoms with Gasteiger partial charge in [-0.25, -0.2) is 0 Å². The summed E-state index contributed by atoms with van der Waals surface area (Å²) in [6.45, 7) is 9.47. The van der Waals surface area contributed by atoms with Crippen LogP contribution in [0.1, 0.15) is 57.2 Å². The standard InChI is InChI=1S/C26H22F3N3O.C7H12N2O/c1-4-12-30-23-14-19(7-5-18(23)3)8-9-20-15-22(10-6-17(20)2)32-25(33)24-16-21(11-13-31-24)26(27,28)29;1-7-5-8-9(6-7)3-4-10-2/h5-7,10-16H,4H2,1-3H3,(H,32,33);5-6H,3-4H2,1-2H3. The van der Waals surface area contributed by atoms with Crippen LogP contribution in [0, 0.1) is 32.6 Å². The molecule has 0 aliphatic carbocycles. The number of ether oxygens (including phenoxy) is 1. The van der Waals surface area contributed by atoms with Gasteiger partial charge in [-0.15, -0.1) is 0 Å². The Morgan fingerprint density at radius 1 is 1.07 bits per heavy atom. The molecule has 0 aliphatic heterocycles. The molecule has 2 aromatic carbocycles. The summed E-state index contributed by atoms with van der Waals surface area (Å²) in [5.74, 6) is 5.47. The molecule has 0 bridgehead atoms. The molecule has 43 heavy (non-hydrogen) atoms. The number of anilines is 1. The first-order chi connectivity index (χ1) is 20.5. The van der Waals surface area contributed by atoms with Crippen LogP contribution in [0.4, 0.5) is 24.5 Å². The molecule has 0 atom stereocenters. The van der Waals surface area contributed by atoms with Crippen molar-refractivity contribution in [2.75, 3.05) is 19.0 Å². The van der Waals surface area contributed by atoms with Crippen LogP contribution in [-0.2, 0) is 17.5 Å². The third-order valence-electron chi connectivity index (χ3n) is 6.07. The smallest absolute Gasteiger partial charge is 0.383 e. The van der Waals surface area contributed by atoms with Gasteiger partial charge in [-0.05, 0) is 80.3 Å². The Bertz CT molecular complexity index is 1630. The van der Waals surface area contributed by atoms with Crippen molar-refractivity contribution in [3.63, 3.8) is 0 Å². The fourth-order valence-electron chi connectivity index (χ4n) is 3.69. The van der Waals surface area contributed by atoms with Gasteiger partial charge in [0, 0.05) is 42.5 Å². The van der Waals surface area contributed by atoms with E-state index in [2.05, 4.69) is 32.2 Å². The third-order valence-corrected chi connectivity index (χ3v) is 6.07. The molecule has 0 fully saturated rings. The maximum Gasteiger partial charge on any atom is 0.416 e. The van der Waals surface area contributed by atoms with Gasteiger partial charge < -0.3 is 10.1 Å². The minimum atomic E-state index is -4.55. The second-order valence-electron chi connectivity index (χ2n) is 9.66. The number of carbonyl (C=O) groups excluding carboxylic acids is 1. The molecule has 0 aliphatic rings. The van der Waals surface area contributed by atoms with Crippen molar-refractivity contribution in [1.29, 1.82) is 0 Å². The van der Waals surface area contributed by atoms with Crippen LogP contribution >= 0.6 is 0 Å². The number of halogens is 3. The fraction of sp³-hybridized carbons (Fsp3) is 0.273. The molecule has 7 nitrogen and oxygen atoms in total. The van der Waals surface area contributed by atoms with E-state index in [4.69, 9.17) is 4.74 Å². The average molecular weight is 590 g/mol. The first-order valence-corrected chi connectivity index (χ1v) is 13.6. The third kappa shape index (κ3) is 10.2. The Kier molecular flexibility index (Phi) is 11.8. The van der Waals surface area contributed by atoms with E-state index in [1.54, 1.807) is 25.3 Å². The van der Waals surface area contributed by atoms with Gasteiger partial charge in [-0.2, -0.15) is 18.3 Å². The number of aromatic nitrogens is 3. The number of alkyl halides is 3. The summed E-state index contributed by atoms with van der Waals surface area (Å²) < 4.78 is 45.5. The van der Waals surface area contributed by atoms with Gasteiger partial charge >= 0.3 is 6.18 Å². The molecule has 224 valence electrons. The maximum absolute atomic E-state index is 12.9. The molecule has 10 heteroatoms. The number of methoxy groups -OCH3 is 1. The molecule has 0 spiro atoms. The molecule has 0 unspecified atom stereocenters. The summed E-state index contributed by atoms with van der Waals surface area (Å²) >= 11 is 0. The van der Waals surface area contributed by atoms with E-state index >= 15 is 0 Å². The highest BCUT2D eigenvalue weighted by atomic mass is 19.4. The molecule has 1 N–H and O–H groups in total. The van der Waals surface area contributed by atoms with Crippen molar-refractivity contribution in [2.24, 2.45) is 4.99 Å². The zero-order valence-electron chi connectivity index (χ0n) is 24.8. The lowest BCUT2D eigenvalue weighted by molar-refractivity contribution is -0.137. The number of amides is 1. The molecular formula is C33H34F3N5O2. The maximum atomic E-state index is 12.9. The summed E-state index contributed by atoms with van der Waals surface area (Å²) in [4.78, 5) is 20.6. The Balaban J connectivity index is 0.000000428. The lowest BCUT2D eigenvalue weighted by Gasteiger charge is -2.09. The SMILES string of the molecule is CCC=Nc1cc(C#Cc2cc(NC(=O)c3cc(C(F)(F)F)ccn3)ccc2C)ccc1C.COCCn1cc(C)cn1. The van der Waals surface area contributed by atoms with Crippen LogP contribution in [0.15, 0.2) is 72.1 Å². The van der Waals surface area contributed by atoms with E-state index in [1.807, 2.05) is 69.2 Å². The highest BCUT2D eigenvalue weighted by Crippen LogP contribution is 2.29. The monoisotopic (exact) mass is 589 g/mol. The Hall–Kier alpha value is -4.75. The number of benzene rings is 2. The summed E-state index contributed by atoms with van der Waals surface area (Å²) in [6, 6.07) is 12.4. The number of carbonyl (C=O) groups is 1. The number of nitrogens with zero attached hydrogens (tertiary/aromatic N) is 4. The number of hydrogen-bond donors (Lipinski definition) is 1. The summed E-state index contributed by atoms with van der Waals surface area (Å²) in [5.41, 5.74) is 4.63. The minimum Gasteiger partial charge on any atom is -0.383 e. The Morgan fingerprint density at radius 3 is 2.51 bits per heavy atom. The quantitative estimate of drug-likeness (QED) is 0.181. The van der Waals surface area contributed by atoms with Crippen molar-refractivity contribution in [3.05, 3.63) is 106 Å². The molecule has 4 aromatic rings. The van der Waals surface area contributed by atoms with Gasteiger partial charge in [-0.1, -0.05) is 30.9 Å². The van der Waals surface area contributed by atoms with E-state index in [0.717, 1.165) is 60.3 Å². The summed E-state index contributed by atoms with van der Waals surface area (Å²) in [6.07, 6.45) is 2.93. The largest absolute Gasteiger partial charge is 0.416 e. The topological polar surface area (TPSA) is 81.4 Å². The van der Waals surface area contributed by atoms with Gasteiger partial charge in [0.25, 0.3) is 5.91 Å². The van der Waals surface area contributed by atoms with E-state index in [-0.39, 0.29) is 5.69 Å². The molecular weight excluding hydrogens is 555 g/mol. The fourth-order valence-corrected chi connectivity index (χ4v) is 3.69. The first-order valence-electron chi connectivity index (χ1n) is 13.6. The Morgan fingerprint density at radius 2 is 1.84 bits per heavy atom. The first kappa shape index (κ1) is 32.8.